The maximum Gasteiger partial charge on any atom is 0.573 e. The third-order valence-electron chi connectivity index (χ3n) is 3.11. The second kappa shape index (κ2) is 5.68. The van der Waals surface area contributed by atoms with Crippen LogP contribution in [0.3, 0.4) is 0 Å². The van der Waals surface area contributed by atoms with E-state index in [1.165, 1.54) is 18.5 Å². The molecule has 0 aliphatic rings. The lowest BCUT2D eigenvalue weighted by molar-refractivity contribution is -0.274. The molecule has 0 spiro atoms. The highest BCUT2D eigenvalue weighted by Crippen LogP contribution is 2.24. The molecule has 4 nitrogen and oxygen atoms in total. The van der Waals surface area contributed by atoms with Crippen molar-refractivity contribution in [1.82, 2.24) is 9.97 Å². The van der Waals surface area contributed by atoms with Crippen LogP contribution < -0.4 is 4.74 Å². The van der Waals surface area contributed by atoms with Gasteiger partial charge in [-0.05, 0) is 30.3 Å². The minimum Gasteiger partial charge on any atom is -0.406 e. The van der Waals surface area contributed by atoms with Crippen LogP contribution in [0.1, 0.15) is 16.1 Å². The standard InChI is InChI=1S/C16H9F3N2O2/c17-16(18,19)23-11-7-5-10(6-8-11)15(22)14-12-3-1-2-4-13(12)20-9-21-14/h1-9H. The number of carbonyl (C=O) groups is 1. The van der Waals surface area contributed by atoms with E-state index in [1.807, 2.05) is 0 Å². The number of benzene rings is 2. The van der Waals surface area contributed by atoms with E-state index in [-0.39, 0.29) is 17.0 Å². The molecule has 0 N–H and O–H groups in total. The van der Waals surface area contributed by atoms with Crippen LogP contribution in [0.25, 0.3) is 10.9 Å². The molecule has 116 valence electrons. The van der Waals surface area contributed by atoms with Crippen molar-refractivity contribution in [3.63, 3.8) is 0 Å². The molecule has 0 saturated heterocycles. The number of aromatic nitrogens is 2. The van der Waals surface area contributed by atoms with Gasteiger partial charge in [0.05, 0.1) is 5.52 Å². The van der Waals surface area contributed by atoms with E-state index in [1.54, 1.807) is 24.3 Å². The predicted molar refractivity (Wildman–Crippen MR) is 76.1 cm³/mol. The summed E-state index contributed by atoms with van der Waals surface area (Å²) < 4.78 is 40.2. The largest absolute Gasteiger partial charge is 0.573 e. The Labute approximate surface area is 128 Å². The number of hydrogen-bond acceptors (Lipinski definition) is 4. The summed E-state index contributed by atoms with van der Waals surface area (Å²) in [6.07, 6.45) is -3.49. The Hall–Kier alpha value is -2.96. The van der Waals surface area contributed by atoms with Gasteiger partial charge in [-0.1, -0.05) is 18.2 Å². The number of carbonyl (C=O) groups excluding carboxylic acids is 1. The van der Waals surface area contributed by atoms with E-state index >= 15 is 0 Å². The van der Waals surface area contributed by atoms with Crippen molar-refractivity contribution in [2.75, 3.05) is 0 Å². The lowest BCUT2D eigenvalue weighted by atomic mass is 10.0. The minimum absolute atomic E-state index is 0.195. The van der Waals surface area contributed by atoms with Crippen molar-refractivity contribution in [3.05, 3.63) is 66.1 Å². The van der Waals surface area contributed by atoms with Crippen LogP contribution in [0.4, 0.5) is 13.2 Å². The lowest BCUT2D eigenvalue weighted by Gasteiger charge is -2.09. The molecule has 0 atom stereocenters. The van der Waals surface area contributed by atoms with Gasteiger partial charge in [-0.2, -0.15) is 0 Å². The van der Waals surface area contributed by atoms with E-state index in [0.29, 0.717) is 10.9 Å². The van der Waals surface area contributed by atoms with Crippen molar-refractivity contribution in [3.8, 4) is 5.75 Å². The summed E-state index contributed by atoms with van der Waals surface area (Å²) in [7, 11) is 0. The van der Waals surface area contributed by atoms with E-state index in [9.17, 15) is 18.0 Å². The van der Waals surface area contributed by atoms with Crippen LogP contribution in [0, 0.1) is 0 Å². The van der Waals surface area contributed by atoms with E-state index in [0.717, 1.165) is 12.1 Å². The highest BCUT2D eigenvalue weighted by Gasteiger charge is 2.31. The molecule has 23 heavy (non-hydrogen) atoms. The quantitative estimate of drug-likeness (QED) is 0.690. The smallest absolute Gasteiger partial charge is 0.406 e. The Balaban J connectivity index is 1.93. The highest BCUT2D eigenvalue weighted by molar-refractivity contribution is 6.14. The summed E-state index contributed by atoms with van der Waals surface area (Å²) in [5, 5.41) is 0.579. The molecule has 3 rings (SSSR count). The molecule has 0 aliphatic heterocycles. The summed E-state index contributed by atoms with van der Waals surface area (Å²) in [5.74, 6) is -0.788. The average Bonchev–Trinajstić information content (AvgIpc) is 2.53. The van der Waals surface area contributed by atoms with Gasteiger partial charge in [-0.25, -0.2) is 9.97 Å². The number of hydrogen-bond donors (Lipinski definition) is 0. The number of nitrogens with zero attached hydrogens (tertiary/aromatic N) is 2. The van der Waals surface area contributed by atoms with Crippen molar-refractivity contribution in [2.45, 2.75) is 6.36 Å². The molecule has 2 aromatic carbocycles. The molecule has 0 unspecified atom stereocenters. The number of alkyl halides is 3. The summed E-state index contributed by atoms with van der Waals surface area (Å²) >= 11 is 0. The van der Waals surface area contributed by atoms with Crippen LogP contribution in [0.5, 0.6) is 5.75 Å². The third kappa shape index (κ3) is 3.28. The minimum atomic E-state index is -4.77. The van der Waals surface area contributed by atoms with E-state index in [2.05, 4.69) is 14.7 Å². The van der Waals surface area contributed by atoms with Crippen LogP contribution in [-0.2, 0) is 0 Å². The SMILES string of the molecule is O=C(c1ccc(OC(F)(F)F)cc1)c1ncnc2ccccc12. The summed E-state index contributed by atoms with van der Waals surface area (Å²) in [6, 6.07) is 11.7. The zero-order valence-electron chi connectivity index (χ0n) is 11.5. The molecule has 0 amide bonds. The monoisotopic (exact) mass is 318 g/mol. The Kier molecular flexibility index (Phi) is 3.69. The molecule has 3 aromatic rings. The van der Waals surface area contributed by atoms with Gasteiger partial charge in [0.2, 0.25) is 5.78 Å². The molecule has 0 bridgehead atoms. The van der Waals surface area contributed by atoms with Crippen LogP contribution in [0.2, 0.25) is 0 Å². The number of rotatable bonds is 3. The van der Waals surface area contributed by atoms with Crippen molar-refractivity contribution in [1.29, 1.82) is 0 Å². The molecule has 1 aromatic heterocycles. The maximum absolute atomic E-state index is 12.5. The second-order valence-electron chi connectivity index (χ2n) is 4.64. The van der Waals surface area contributed by atoms with Gasteiger partial charge in [0, 0.05) is 10.9 Å². The Morgan fingerprint density at radius 1 is 0.957 bits per heavy atom. The fraction of sp³-hybridized carbons (Fsp3) is 0.0625. The van der Waals surface area contributed by atoms with Gasteiger partial charge in [-0.3, -0.25) is 4.79 Å². The fourth-order valence-corrected chi connectivity index (χ4v) is 2.13. The first-order chi connectivity index (χ1) is 10.9. The first-order valence-electron chi connectivity index (χ1n) is 6.54. The zero-order chi connectivity index (χ0) is 16.4. The topological polar surface area (TPSA) is 52.1 Å². The van der Waals surface area contributed by atoms with Crippen LogP contribution in [0.15, 0.2) is 54.9 Å². The highest BCUT2D eigenvalue weighted by atomic mass is 19.4. The molecule has 0 saturated carbocycles. The number of halogens is 3. The number of fused-ring (bicyclic) bond motifs is 1. The van der Waals surface area contributed by atoms with Gasteiger partial charge in [0.15, 0.2) is 0 Å². The van der Waals surface area contributed by atoms with E-state index < -0.39 is 12.1 Å². The van der Waals surface area contributed by atoms with Gasteiger partial charge in [-0.15, -0.1) is 13.2 Å². The van der Waals surface area contributed by atoms with Gasteiger partial charge < -0.3 is 4.74 Å². The fourth-order valence-electron chi connectivity index (χ4n) is 2.13. The lowest BCUT2D eigenvalue weighted by Crippen LogP contribution is -2.17. The number of ketones is 1. The molecule has 0 fully saturated rings. The third-order valence-corrected chi connectivity index (χ3v) is 3.11. The van der Waals surface area contributed by atoms with Crippen molar-refractivity contribution < 1.29 is 22.7 Å². The van der Waals surface area contributed by atoms with Crippen molar-refractivity contribution >= 4 is 16.7 Å². The van der Waals surface area contributed by atoms with Gasteiger partial charge >= 0.3 is 6.36 Å². The average molecular weight is 318 g/mol. The first kappa shape index (κ1) is 15.0. The first-order valence-corrected chi connectivity index (χ1v) is 6.54. The van der Waals surface area contributed by atoms with E-state index in [4.69, 9.17) is 0 Å². The van der Waals surface area contributed by atoms with Crippen molar-refractivity contribution in [2.24, 2.45) is 0 Å². The molecule has 7 heteroatoms. The maximum atomic E-state index is 12.5. The number of ether oxygens (including phenoxy) is 1. The summed E-state index contributed by atoms with van der Waals surface area (Å²) in [6.45, 7) is 0. The molecule has 0 aliphatic carbocycles. The Bertz CT molecular complexity index is 856. The normalized spacial score (nSPS) is 11.4. The summed E-state index contributed by atoms with van der Waals surface area (Å²) in [5.41, 5.74) is 1.02. The molecule has 0 radical (unpaired) electrons. The predicted octanol–water partition coefficient (Wildman–Crippen LogP) is 3.76. The van der Waals surface area contributed by atoms with Gasteiger partial charge in [0.1, 0.15) is 17.8 Å². The van der Waals surface area contributed by atoms with Crippen LogP contribution >= 0.6 is 0 Å². The second-order valence-corrected chi connectivity index (χ2v) is 4.64. The zero-order valence-corrected chi connectivity index (χ0v) is 11.5. The number of para-hydroxylation sites is 1. The summed E-state index contributed by atoms with van der Waals surface area (Å²) in [4.78, 5) is 20.6. The Morgan fingerprint density at radius 2 is 1.65 bits per heavy atom. The van der Waals surface area contributed by atoms with Crippen LogP contribution in [-0.4, -0.2) is 22.1 Å². The molecule has 1 heterocycles. The van der Waals surface area contributed by atoms with Gasteiger partial charge in [0.25, 0.3) is 0 Å². The Morgan fingerprint density at radius 3 is 2.35 bits per heavy atom. The molecular weight excluding hydrogens is 309 g/mol. The molecular formula is C16H9F3N2O2.